The quantitative estimate of drug-likeness (QED) is 0.841. The van der Waals surface area contributed by atoms with E-state index in [0.717, 1.165) is 49.1 Å². The van der Waals surface area contributed by atoms with Crippen molar-refractivity contribution in [3.63, 3.8) is 0 Å². The predicted molar refractivity (Wildman–Crippen MR) is 84.4 cm³/mol. The van der Waals surface area contributed by atoms with Gasteiger partial charge in [0.1, 0.15) is 0 Å². The Hall–Kier alpha value is -1.30. The highest BCUT2D eigenvalue weighted by Gasteiger charge is 2.13. The third-order valence-corrected chi connectivity index (χ3v) is 3.82. The van der Waals surface area contributed by atoms with E-state index in [4.69, 9.17) is 22.1 Å². The number of nitrogens with one attached hydrogen (secondary N) is 1. The first-order valence-corrected chi connectivity index (χ1v) is 7.56. The molecule has 1 heterocycles. The van der Waals surface area contributed by atoms with Gasteiger partial charge in [0.05, 0.1) is 13.2 Å². The van der Waals surface area contributed by atoms with E-state index in [9.17, 15) is 4.79 Å². The van der Waals surface area contributed by atoms with Crippen LogP contribution in [-0.2, 0) is 16.1 Å². The van der Waals surface area contributed by atoms with Crippen LogP contribution in [0.1, 0.15) is 18.9 Å². The van der Waals surface area contributed by atoms with Gasteiger partial charge in [-0.2, -0.15) is 0 Å². The Bertz CT molecular complexity index is 490. The molecule has 5 nitrogen and oxygen atoms in total. The van der Waals surface area contributed by atoms with Gasteiger partial charge in [-0.05, 0) is 24.6 Å². The van der Waals surface area contributed by atoms with Crippen molar-refractivity contribution in [1.82, 2.24) is 4.90 Å². The first-order valence-electron chi connectivity index (χ1n) is 7.18. The van der Waals surface area contributed by atoms with Crippen molar-refractivity contribution >= 4 is 23.2 Å². The maximum Gasteiger partial charge on any atom is 0.219 e. The lowest BCUT2D eigenvalue weighted by Gasteiger charge is -2.27. The van der Waals surface area contributed by atoms with Crippen LogP contribution in [0, 0.1) is 0 Å². The molecule has 116 valence electrons. The molecule has 0 unspecified atom stereocenters. The highest BCUT2D eigenvalue weighted by atomic mass is 35.5. The first-order chi connectivity index (χ1) is 10.0. The third kappa shape index (κ3) is 5.19. The summed E-state index contributed by atoms with van der Waals surface area (Å²) in [4.78, 5) is 13.2. The van der Waals surface area contributed by atoms with Crippen LogP contribution in [0.2, 0.25) is 5.02 Å². The fourth-order valence-corrected chi connectivity index (χ4v) is 2.64. The molecule has 0 spiro atoms. The second kappa shape index (κ2) is 7.64. The van der Waals surface area contributed by atoms with Crippen LogP contribution in [0.25, 0.3) is 0 Å². The summed E-state index contributed by atoms with van der Waals surface area (Å²) in [5.41, 5.74) is 7.19. The summed E-state index contributed by atoms with van der Waals surface area (Å²) in [6, 6.07) is 5.90. The number of carbonyl (C=O) groups is 1. The molecular formula is C15H22ClN3O2. The number of hydrogen-bond acceptors (Lipinski definition) is 4. The number of anilines is 1. The highest BCUT2D eigenvalue weighted by molar-refractivity contribution is 6.31. The average Bonchev–Trinajstić information content (AvgIpc) is 2.42. The molecule has 0 saturated carbocycles. The van der Waals surface area contributed by atoms with Crippen molar-refractivity contribution < 1.29 is 9.53 Å². The van der Waals surface area contributed by atoms with Crippen molar-refractivity contribution in [2.45, 2.75) is 25.9 Å². The molecule has 0 aromatic heterocycles. The fraction of sp³-hybridized carbons (Fsp3) is 0.533. The van der Waals surface area contributed by atoms with Crippen LogP contribution in [0.3, 0.4) is 0 Å². The van der Waals surface area contributed by atoms with Gasteiger partial charge in [0.25, 0.3) is 0 Å². The van der Waals surface area contributed by atoms with Gasteiger partial charge in [-0.15, -0.1) is 0 Å². The molecule has 1 aliphatic rings. The number of morpholine rings is 1. The summed E-state index contributed by atoms with van der Waals surface area (Å²) in [6.45, 7) is 6.18. The predicted octanol–water partition coefficient (Wildman–Crippen LogP) is 1.85. The number of nitrogens with two attached hydrogens (primary N) is 1. The molecule has 1 amide bonds. The van der Waals surface area contributed by atoms with E-state index in [1.165, 1.54) is 0 Å². The SMILES string of the molecule is C[C@H](CC(N)=O)Nc1ccc(CN2CCOCC2)c(Cl)c1. The van der Waals surface area contributed by atoms with Gasteiger partial charge in [-0.1, -0.05) is 17.7 Å². The molecule has 21 heavy (non-hydrogen) atoms. The Morgan fingerprint density at radius 3 is 2.81 bits per heavy atom. The maximum atomic E-state index is 10.9. The number of rotatable bonds is 6. The van der Waals surface area contributed by atoms with Crippen molar-refractivity contribution in [3.8, 4) is 0 Å². The highest BCUT2D eigenvalue weighted by Crippen LogP contribution is 2.23. The summed E-state index contributed by atoms with van der Waals surface area (Å²) in [6.07, 6.45) is 0.299. The molecule has 1 aromatic carbocycles. The lowest BCUT2D eigenvalue weighted by molar-refractivity contribution is -0.118. The van der Waals surface area contributed by atoms with Crippen molar-refractivity contribution in [3.05, 3.63) is 28.8 Å². The number of benzene rings is 1. The molecule has 1 fully saturated rings. The maximum absolute atomic E-state index is 10.9. The Labute approximate surface area is 130 Å². The Morgan fingerprint density at radius 1 is 1.48 bits per heavy atom. The second-order valence-electron chi connectivity index (χ2n) is 5.41. The van der Waals surface area contributed by atoms with E-state index in [0.29, 0.717) is 6.42 Å². The molecule has 1 aromatic rings. The summed E-state index contributed by atoms with van der Waals surface area (Å²) in [5, 5.41) is 3.96. The summed E-state index contributed by atoms with van der Waals surface area (Å²) in [5.74, 6) is -0.315. The Balaban J connectivity index is 1.94. The molecule has 6 heteroatoms. The van der Waals surface area contributed by atoms with Gasteiger partial charge in [0, 0.05) is 42.8 Å². The summed E-state index contributed by atoms with van der Waals surface area (Å²) >= 11 is 6.35. The van der Waals surface area contributed by atoms with E-state index in [1.54, 1.807) is 0 Å². The van der Waals surface area contributed by atoms with E-state index < -0.39 is 0 Å². The Morgan fingerprint density at radius 2 is 2.19 bits per heavy atom. The zero-order valence-corrected chi connectivity index (χ0v) is 13.0. The van der Waals surface area contributed by atoms with Crippen LogP contribution in [0.15, 0.2) is 18.2 Å². The van der Waals surface area contributed by atoms with Gasteiger partial charge < -0.3 is 15.8 Å². The molecule has 0 radical (unpaired) electrons. The van der Waals surface area contributed by atoms with Crippen LogP contribution >= 0.6 is 11.6 Å². The van der Waals surface area contributed by atoms with Crippen LogP contribution in [0.4, 0.5) is 5.69 Å². The molecule has 1 aliphatic heterocycles. The summed E-state index contributed by atoms with van der Waals surface area (Å²) in [7, 11) is 0. The van der Waals surface area contributed by atoms with Crippen molar-refractivity contribution in [1.29, 1.82) is 0 Å². The third-order valence-electron chi connectivity index (χ3n) is 3.47. The molecule has 2 rings (SSSR count). The second-order valence-corrected chi connectivity index (χ2v) is 5.82. The van der Waals surface area contributed by atoms with E-state index >= 15 is 0 Å². The van der Waals surface area contributed by atoms with Gasteiger partial charge in [0.15, 0.2) is 0 Å². The van der Waals surface area contributed by atoms with Gasteiger partial charge >= 0.3 is 0 Å². The number of amides is 1. The zero-order chi connectivity index (χ0) is 15.2. The van der Waals surface area contributed by atoms with Gasteiger partial charge in [0.2, 0.25) is 5.91 Å². The van der Waals surface area contributed by atoms with Gasteiger partial charge in [-0.25, -0.2) is 0 Å². The van der Waals surface area contributed by atoms with Crippen LogP contribution < -0.4 is 11.1 Å². The minimum Gasteiger partial charge on any atom is -0.382 e. The fourth-order valence-electron chi connectivity index (χ4n) is 2.40. The minimum absolute atomic E-state index is 0.0105. The first kappa shape index (κ1) is 16.1. The van der Waals surface area contributed by atoms with E-state index in [-0.39, 0.29) is 11.9 Å². The average molecular weight is 312 g/mol. The largest absolute Gasteiger partial charge is 0.382 e. The molecule has 3 N–H and O–H groups in total. The summed E-state index contributed by atoms with van der Waals surface area (Å²) < 4.78 is 5.34. The van der Waals surface area contributed by atoms with E-state index in [2.05, 4.69) is 10.2 Å². The molecule has 0 aliphatic carbocycles. The number of carbonyl (C=O) groups excluding carboxylic acids is 1. The number of primary amides is 1. The number of ether oxygens (including phenoxy) is 1. The standard InChI is InChI=1S/C15H22ClN3O2/c1-11(8-15(17)20)18-13-3-2-12(14(16)9-13)10-19-4-6-21-7-5-19/h2-3,9,11,18H,4-8,10H2,1H3,(H2,17,20)/t11-/m1/s1. The normalized spacial score (nSPS) is 17.4. The Kier molecular flexibility index (Phi) is 5.85. The van der Waals surface area contributed by atoms with E-state index in [1.807, 2.05) is 25.1 Å². The number of nitrogens with zero attached hydrogens (tertiary/aromatic N) is 1. The van der Waals surface area contributed by atoms with Gasteiger partial charge in [-0.3, -0.25) is 9.69 Å². The minimum atomic E-state index is -0.315. The lowest BCUT2D eigenvalue weighted by atomic mass is 10.1. The number of hydrogen-bond donors (Lipinski definition) is 2. The van der Waals surface area contributed by atoms with Crippen LogP contribution in [0.5, 0.6) is 0 Å². The molecule has 1 atom stereocenters. The topological polar surface area (TPSA) is 67.6 Å². The van der Waals surface area contributed by atoms with Crippen molar-refractivity contribution in [2.24, 2.45) is 5.73 Å². The molecule has 0 bridgehead atoms. The van der Waals surface area contributed by atoms with Crippen LogP contribution in [-0.4, -0.2) is 43.2 Å². The zero-order valence-electron chi connectivity index (χ0n) is 12.3. The smallest absolute Gasteiger partial charge is 0.219 e. The molecular weight excluding hydrogens is 290 g/mol. The van der Waals surface area contributed by atoms with Crippen molar-refractivity contribution in [2.75, 3.05) is 31.6 Å². The molecule has 1 saturated heterocycles. The lowest BCUT2D eigenvalue weighted by Crippen LogP contribution is -2.35. The number of halogens is 1. The monoisotopic (exact) mass is 311 g/mol.